The molecule has 2 aliphatic heterocycles. The molecule has 154 valence electrons. The van der Waals surface area contributed by atoms with Crippen molar-refractivity contribution in [2.24, 2.45) is 11.8 Å². The highest BCUT2D eigenvalue weighted by Crippen LogP contribution is 2.37. The Morgan fingerprint density at radius 2 is 1.78 bits per heavy atom. The van der Waals surface area contributed by atoms with Gasteiger partial charge in [0.05, 0.1) is 0 Å². The van der Waals surface area contributed by atoms with Gasteiger partial charge in [0.2, 0.25) is 5.91 Å². The lowest BCUT2D eigenvalue weighted by atomic mass is 9.75. The first-order valence-electron chi connectivity index (χ1n) is 10.1. The highest BCUT2D eigenvalue weighted by atomic mass is 35.5. The van der Waals surface area contributed by atoms with Crippen LogP contribution < -0.4 is 10.6 Å². The fourth-order valence-corrected chi connectivity index (χ4v) is 4.65. The van der Waals surface area contributed by atoms with Crippen molar-refractivity contribution in [1.82, 2.24) is 20.4 Å². The highest BCUT2D eigenvalue weighted by molar-refractivity contribution is 6.09. The molecule has 0 aromatic carbocycles. The number of urea groups is 1. The number of rotatable bonds is 5. The molecule has 2 N–H and O–H groups in total. The molecule has 0 radical (unpaired) electrons. The number of amides is 4. The smallest absolute Gasteiger partial charge is 0.325 e. The average molecular weight is 401 g/mol. The molecule has 27 heavy (non-hydrogen) atoms. The average Bonchev–Trinajstić information content (AvgIpc) is 2.87. The van der Waals surface area contributed by atoms with Gasteiger partial charge < -0.3 is 15.5 Å². The number of likely N-dealkylation sites (tertiary alicyclic amines) is 1. The molecule has 1 saturated carbocycles. The van der Waals surface area contributed by atoms with Crippen LogP contribution in [0, 0.1) is 11.8 Å². The summed E-state index contributed by atoms with van der Waals surface area (Å²) in [5.41, 5.74) is -0.761. The minimum Gasteiger partial charge on any atom is -0.341 e. The summed E-state index contributed by atoms with van der Waals surface area (Å²) in [5.74, 6) is 0.920. The van der Waals surface area contributed by atoms with Crippen LogP contribution in [-0.4, -0.2) is 66.4 Å². The second-order valence-corrected chi connectivity index (χ2v) is 8.14. The lowest BCUT2D eigenvalue weighted by Crippen LogP contribution is -2.50. The van der Waals surface area contributed by atoms with E-state index in [2.05, 4.69) is 17.6 Å². The van der Waals surface area contributed by atoms with E-state index in [0.717, 1.165) is 43.5 Å². The van der Waals surface area contributed by atoms with Gasteiger partial charge in [0.25, 0.3) is 5.91 Å². The predicted molar refractivity (Wildman–Crippen MR) is 106 cm³/mol. The molecular weight excluding hydrogens is 368 g/mol. The first kappa shape index (κ1) is 22.0. The van der Waals surface area contributed by atoms with Gasteiger partial charge in [-0.15, -0.1) is 12.4 Å². The maximum absolute atomic E-state index is 12.9. The van der Waals surface area contributed by atoms with E-state index in [-0.39, 0.29) is 30.8 Å². The normalized spacial score (nSPS) is 29.0. The number of halogens is 1. The van der Waals surface area contributed by atoms with Crippen LogP contribution in [0.2, 0.25) is 0 Å². The van der Waals surface area contributed by atoms with Crippen molar-refractivity contribution >= 4 is 30.3 Å². The molecule has 0 aromatic rings. The topological polar surface area (TPSA) is 81.8 Å². The van der Waals surface area contributed by atoms with Crippen LogP contribution in [-0.2, 0) is 9.59 Å². The van der Waals surface area contributed by atoms with E-state index < -0.39 is 11.6 Å². The summed E-state index contributed by atoms with van der Waals surface area (Å²) >= 11 is 0. The maximum Gasteiger partial charge on any atom is 0.325 e. The molecule has 0 atom stereocenters. The van der Waals surface area contributed by atoms with E-state index in [1.54, 1.807) is 4.90 Å². The van der Waals surface area contributed by atoms with Crippen LogP contribution >= 0.6 is 12.4 Å². The number of nitrogens with zero attached hydrogens (tertiary/aromatic N) is 2. The monoisotopic (exact) mass is 400 g/mol. The molecule has 2 heterocycles. The Bertz CT molecular complexity index is 555. The molecule has 2 saturated heterocycles. The molecule has 0 bridgehead atoms. The van der Waals surface area contributed by atoms with Crippen molar-refractivity contribution in [3.05, 3.63) is 0 Å². The predicted octanol–water partition coefficient (Wildman–Crippen LogP) is 1.76. The summed E-state index contributed by atoms with van der Waals surface area (Å²) in [6, 6.07) is -0.400. The van der Waals surface area contributed by atoms with Gasteiger partial charge in [0.1, 0.15) is 12.1 Å². The van der Waals surface area contributed by atoms with Gasteiger partial charge in [-0.05, 0) is 64.0 Å². The standard InChI is InChI=1S/C19H32N4O3.ClH/c1-3-14-4-8-19(9-5-14)17(25)23(18(26)21-19)13-16(24)22-10-6-15(7-11-22)12-20-2;/h14-15,20H,3-13H2,1-2H3,(H,21,26);1H. The SMILES string of the molecule is CCC1CCC2(CC1)NC(=O)N(CC(=O)N1CCC(CNC)CC1)C2=O.Cl. The lowest BCUT2D eigenvalue weighted by molar-refractivity contribution is -0.140. The third-order valence-electron chi connectivity index (χ3n) is 6.54. The molecule has 1 aliphatic carbocycles. The van der Waals surface area contributed by atoms with Gasteiger partial charge in [-0.2, -0.15) is 0 Å². The third kappa shape index (κ3) is 4.57. The summed E-state index contributed by atoms with van der Waals surface area (Å²) in [5, 5.41) is 6.09. The zero-order valence-corrected chi connectivity index (χ0v) is 17.3. The van der Waals surface area contributed by atoms with Gasteiger partial charge in [-0.1, -0.05) is 13.3 Å². The molecule has 4 amide bonds. The summed E-state index contributed by atoms with van der Waals surface area (Å²) < 4.78 is 0. The Balaban J connectivity index is 0.00000261. The van der Waals surface area contributed by atoms with E-state index in [0.29, 0.717) is 37.8 Å². The zero-order valence-electron chi connectivity index (χ0n) is 16.5. The second kappa shape index (κ2) is 9.24. The van der Waals surface area contributed by atoms with Gasteiger partial charge >= 0.3 is 6.03 Å². The molecule has 3 aliphatic rings. The summed E-state index contributed by atoms with van der Waals surface area (Å²) in [6.45, 7) is 4.43. The van der Waals surface area contributed by atoms with Crippen molar-refractivity contribution in [2.75, 3.05) is 33.2 Å². The Morgan fingerprint density at radius 3 is 2.33 bits per heavy atom. The van der Waals surface area contributed by atoms with Crippen LogP contribution in [0.3, 0.4) is 0 Å². The molecule has 3 rings (SSSR count). The number of carbonyl (C=O) groups excluding carboxylic acids is 3. The number of imide groups is 1. The van der Waals surface area contributed by atoms with E-state index in [9.17, 15) is 14.4 Å². The number of nitrogens with one attached hydrogen (secondary N) is 2. The first-order valence-corrected chi connectivity index (χ1v) is 10.1. The number of piperidine rings is 1. The van der Waals surface area contributed by atoms with Crippen LogP contribution in [0.15, 0.2) is 0 Å². The number of carbonyl (C=O) groups is 3. The highest BCUT2D eigenvalue weighted by Gasteiger charge is 2.52. The van der Waals surface area contributed by atoms with Gasteiger partial charge in [-0.3, -0.25) is 14.5 Å². The lowest BCUT2D eigenvalue weighted by Gasteiger charge is -2.35. The van der Waals surface area contributed by atoms with Crippen molar-refractivity contribution < 1.29 is 14.4 Å². The summed E-state index contributed by atoms with van der Waals surface area (Å²) in [7, 11) is 1.94. The Labute approximate surface area is 168 Å². The van der Waals surface area contributed by atoms with Gasteiger partial charge in [0, 0.05) is 13.1 Å². The van der Waals surface area contributed by atoms with Gasteiger partial charge in [0.15, 0.2) is 0 Å². The fourth-order valence-electron chi connectivity index (χ4n) is 4.65. The van der Waals surface area contributed by atoms with Crippen LogP contribution in [0.4, 0.5) is 4.79 Å². The summed E-state index contributed by atoms with van der Waals surface area (Å²) in [6.07, 6.45) is 6.35. The van der Waals surface area contributed by atoms with E-state index in [4.69, 9.17) is 0 Å². The third-order valence-corrected chi connectivity index (χ3v) is 6.54. The van der Waals surface area contributed by atoms with Crippen LogP contribution in [0.25, 0.3) is 0 Å². The fraction of sp³-hybridized carbons (Fsp3) is 0.842. The molecule has 1 spiro atoms. The first-order chi connectivity index (χ1) is 12.5. The van der Waals surface area contributed by atoms with Crippen molar-refractivity contribution in [3.63, 3.8) is 0 Å². The Morgan fingerprint density at radius 1 is 1.15 bits per heavy atom. The molecule has 8 heteroatoms. The largest absolute Gasteiger partial charge is 0.341 e. The molecular formula is C19H33ClN4O3. The molecule has 3 fully saturated rings. The minimum atomic E-state index is -0.761. The maximum atomic E-state index is 12.9. The number of hydrogen-bond donors (Lipinski definition) is 2. The Kier molecular flexibility index (Phi) is 7.51. The van der Waals surface area contributed by atoms with E-state index in [1.807, 2.05) is 7.05 Å². The van der Waals surface area contributed by atoms with E-state index in [1.165, 1.54) is 0 Å². The quantitative estimate of drug-likeness (QED) is 0.689. The second-order valence-electron chi connectivity index (χ2n) is 8.14. The van der Waals surface area contributed by atoms with Crippen molar-refractivity contribution in [3.8, 4) is 0 Å². The number of hydrogen-bond acceptors (Lipinski definition) is 4. The zero-order chi connectivity index (χ0) is 18.7. The molecule has 7 nitrogen and oxygen atoms in total. The van der Waals surface area contributed by atoms with Crippen molar-refractivity contribution in [2.45, 2.75) is 57.4 Å². The van der Waals surface area contributed by atoms with Crippen molar-refractivity contribution in [1.29, 1.82) is 0 Å². The van der Waals surface area contributed by atoms with Gasteiger partial charge in [-0.25, -0.2) is 4.79 Å². The van der Waals surface area contributed by atoms with Crippen LogP contribution in [0.5, 0.6) is 0 Å². The van der Waals surface area contributed by atoms with E-state index >= 15 is 0 Å². The minimum absolute atomic E-state index is 0. The summed E-state index contributed by atoms with van der Waals surface area (Å²) in [4.78, 5) is 40.8. The Hall–Kier alpha value is -1.34. The van der Waals surface area contributed by atoms with Crippen LogP contribution in [0.1, 0.15) is 51.9 Å². The molecule has 0 unspecified atom stereocenters. The molecule has 0 aromatic heterocycles.